The summed E-state index contributed by atoms with van der Waals surface area (Å²) in [5, 5.41) is 5.51. The van der Waals surface area contributed by atoms with Gasteiger partial charge in [0.1, 0.15) is 17.7 Å². The molecule has 2 aliphatic rings. The predicted molar refractivity (Wildman–Crippen MR) is 182 cm³/mol. The number of aromatic nitrogens is 4. The van der Waals surface area contributed by atoms with Crippen molar-refractivity contribution in [3.8, 4) is 11.3 Å². The van der Waals surface area contributed by atoms with Crippen molar-refractivity contribution in [2.45, 2.75) is 62.9 Å². The average Bonchev–Trinajstić information content (AvgIpc) is 3.89. The van der Waals surface area contributed by atoms with Crippen LogP contribution in [0.25, 0.3) is 11.3 Å². The Hall–Kier alpha value is -4.97. The van der Waals surface area contributed by atoms with E-state index in [0.29, 0.717) is 31.1 Å². The number of methoxy groups -OCH3 is 1. The second-order valence-corrected chi connectivity index (χ2v) is 12.6. The van der Waals surface area contributed by atoms with Gasteiger partial charge in [-0.3, -0.25) is 14.5 Å². The molecule has 0 radical (unpaired) electrons. The van der Waals surface area contributed by atoms with Crippen molar-refractivity contribution < 1.29 is 19.1 Å². The minimum Gasteiger partial charge on any atom is -0.453 e. The summed E-state index contributed by atoms with van der Waals surface area (Å²) in [6.07, 6.45) is 9.07. The lowest BCUT2D eigenvalue weighted by Crippen LogP contribution is -2.40. The number of amides is 3. The summed E-state index contributed by atoms with van der Waals surface area (Å²) in [5.41, 5.74) is 4.64. The Labute approximate surface area is 280 Å². The normalized spacial score (nSPS) is 18.9. The van der Waals surface area contributed by atoms with E-state index in [-0.39, 0.29) is 17.7 Å². The molecule has 4 aromatic rings. The molecule has 252 valence electrons. The zero-order valence-corrected chi connectivity index (χ0v) is 27.6. The van der Waals surface area contributed by atoms with E-state index >= 15 is 0 Å². The van der Waals surface area contributed by atoms with Gasteiger partial charge in [-0.1, -0.05) is 42.5 Å². The van der Waals surface area contributed by atoms with Crippen LogP contribution in [0.2, 0.25) is 0 Å². The zero-order valence-electron chi connectivity index (χ0n) is 27.6. The lowest BCUT2D eigenvalue weighted by molar-refractivity contribution is -0.123. The number of likely N-dealkylation sites (tertiary alicyclic amines) is 1. The molecule has 3 atom stereocenters. The third-order valence-corrected chi connectivity index (χ3v) is 9.41. The molecule has 0 bridgehead atoms. The van der Waals surface area contributed by atoms with Crippen LogP contribution in [0.1, 0.15) is 79.4 Å². The van der Waals surface area contributed by atoms with Crippen LogP contribution in [0, 0.1) is 0 Å². The third-order valence-electron chi connectivity index (χ3n) is 9.41. The molecule has 4 heterocycles. The highest BCUT2D eigenvalue weighted by Gasteiger charge is 2.31. The second kappa shape index (κ2) is 15.3. The highest BCUT2D eigenvalue weighted by atomic mass is 16.5. The number of imidazole rings is 2. The number of hydrogen-bond donors (Lipinski definition) is 4. The summed E-state index contributed by atoms with van der Waals surface area (Å²) < 4.78 is 4.69. The first-order chi connectivity index (χ1) is 23.4. The van der Waals surface area contributed by atoms with Gasteiger partial charge in [0.2, 0.25) is 11.8 Å². The number of anilines is 1. The average molecular weight is 653 g/mol. The number of nitrogens with zero attached hydrogens (tertiary/aromatic N) is 4. The monoisotopic (exact) mass is 652 g/mol. The molecule has 2 aromatic carbocycles. The first kappa shape index (κ1) is 33.0. The number of carbonyl (C=O) groups excluding carboxylic acids is 3. The van der Waals surface area contributed by atoms with Crippen LogP contribution in [0.15, 0.2) is 67.0 Å². The highest BCUT2D eigenvalue weighted by Crippen LogP contribution is 2.34. The lowest BCUT2D eigenvalue weighted by atomic mass is 9.95. The van der Waals surface area contributed by atoms with Crippen molar-refractivity contribution in [3.05, 3.63) is 89.9 Å². The first-order valence-electron chi connectivity index (χ1n) is 16.8. The van der Waals surface area contributed by atoms with E-state index in [1.165, 1.54) is 13.5 Å². The summed E-state index contributed by atoms with van der Waals surface area (Å²) >= 11 is 0. The van der Waals surface area contributed by atoms with E-state index in [1.54, 1.807) is 12.1 Å². The molecule has 6 rings (SSSR count). The number of hydrogen-bond acceptors (Lipinski definition) is 7. The van der Waals surface area contributed by atoms with Crippen molar-refractivity contribution >= 4 is 23.6 Å². The summed E-state index contributed by atoms with van der Waals surface area (Å²) in [6.45, 7) is 2.23. The van der Waals surface area contributed by atoms with Gasteiger partial charge in [-0.2, -0.15) is 0 Å². The molecule has 12 nitrogen and oxygen atoms in total. The van der Waals surface area contributed by atoms with Crippen molar-refractivity contribution in [2.24, 2.45) is 0 Å². The Bertz CT molecular complexity index is 1690. The second-order valence-electron chi connectivity index (χ2n) is 12.6. The predicted octanol–water partition coefficient (Wildman–Crippen LogP) is 5.01. The Balaban J connectivity index is 0.955. The van der Waals surface area contributed by atoms with E-state index in [9.17, 15) is 14.4 Å². The lowest BCUT2D eigenvalue weighted by Gasteiger charge is -2.31. The Morgan fingerprint density at radius 1 is 1.00 bits per heavy atom. The minimum absolute atomic E-state index is 0.114. The molecular weight excluding hydrogens is 608 g/mol. The minimum atomic E-state index is -0.832. The number of ether oxygens (including phenoxy) is 1. The van der Waals surface area contributed by atoms with Crippen LogP contribution < -0.4 is 15.5 Å². The molecule has 2 fully saturated rings. The Morgan fingerprint density at radius 3 is 2.54 bits per heavy atom. The molecule has 12 heteroatoms. The van der Waals surface area contributed by atoms with Gasteiger partial charge in [-0.15, -0.1) is 0 Å². The quantitative estimate of drug-likeness (QED) is 0.157. The van der Waals surface area contributed by atoms with Gasteiger partial charge in [0.15, 0.2) is 0 Å². The molecule has 48 heavy (non-hydrogen) atoms. The van der Waals surface area contributed by atoms with Crippen molar-refractivity contribution in [3.63, 3.8) is 0 Å². The van der Waals surface area contributed by atoms with Gasteiger partial charge >= 0.3 is 6.09 Å². The van der Waals surface area contributed by atoms with Gasteiger partial charge in [0.05, 0.1) is 30.7 Å². The number of rotatable bonds is 12. The van der Waals surface area contributed by atoms with E-state index in [0.717, 1.165) is 72.9 Å². The van der Waals surface area contributed by atoms with Crippen LogP contribution >= 0.6 is 0 Å². The smallest absolute Gasteiger partial charge is 0.407 e. The maximum atomic E-state index is 13.2. The number of alkyl carbamates (subject to hydrolysis) is 1. The van der Waals surface area contributed by atoms with Gasteiger partial charge < -0.3 is 30.2 Å². The topological polar surface area (TPSA) is 148 Å². The summed E-state index contributed by atoms with van der Waals surface area (Å²) in [7, 11) is 3.42. The zero-order chi connectivity index (χ0) is 33.5. The van der Waals surface area contributed by atoms with E-state index < -0.39 is 12.1 Å². The van der Waals surface area contributed by atoms with Crippen LogP contribution in [0.4, 0.5) is 10.5 Å². The number of aryl methyl sites for hydroxylation is 1. The molecule has 4 N–H and O–H groups in total. The van der Waals surface area contributed by atoms with Gasteiger partial charge in [-0.05, 0) is 69.0 Å². The van der Waals surface area contributed by atoms with Gasteiger partial charge in [0.25, 0.3) is 0 Å². The Kier molecular flexibility index (Phi) is 10.5. The number of benzene rings is 2. The Morgan fingerprint density at radius 2 is 1.81 bits per heavy atom. The number of aromatic amines is 2. The van der Waals surface area contributed by atoms with E-state index in [2.05, 4.69) is 47.3 Å². The summed E-state index contributed by atoms with van der Waals surface area (Å²) in [4.78, 5) is 58.2. The maximum absolute atomic E-state index is 13.2. The number of nitrogens with one attached hydrogen (secondary N) is 4. The largest absolute Gasteiger partial charge is 0.453 e. The molecule has 0 spiro atoms. The number of carbonyl (C=O) groups is 3. The highest BCUT2D eigenvalue weighted by molar-refractivity contribution is 5.94. The number of piperidine rings is 1. The fraction of sp³-hybridized carbons (Fsp3) is 0.417. The van der Waals surface area contributed by atoms with E-state index in [1.807, 2.05) is 59.8 Å². The maximum Gasteiger partial charge on any atom is 0.407 e. The molecule has 2 saturated heterocycles. The van der Waals surface area contributed by atoms with Crippen LogP contribution in [-0.2, 0) is 20.7 Å². The van der Waals surface area contributed by atoms with Crippen molar-refractivity contribution in [2.75, 3.05) is 38.7 Å². The van der Waals surface area contributed by atoms with E-state index in [4.69, 9.17) is 0 Å². The van der Waals surface area contributed by atoms with Crippen molar-refractivity contribution in [1.29, 1.82) is 0 Å². The summed E-state index contributed by atoms with van der Waals surface area (Å²) in [6, 6.07) is 16.7. The molecule has 2 aromatic heterocycles. The molecular formula is C36H44N8O4. The fourth-order valence-electron chi connectivity index (χ4n) is 6.68. The van der Waals surface area contributed by atoms with Gasteiger partial charge in [0, 0.05) is 43.7 Å². The third kappa shape index (κ3) is 7.76. The van der Waals surface area contributed by atoms with Crippen LogP contribution in [0.5, 0.6) is 0 Å². The standard InChI is InChI=1S/C36H44N8O4/c1-43-19-8-11-30(43)29-23-39-34(41-29)26-17-20-44(32(45)21-26)27-15-13-24(14-16-27)28-22-38-31(40-28)12-6-7-18-37-35(46)33(42-36(47)48-2)25-9-4-3-5-10-25/h3-5,9-10,13-16,22-23,26,30,33H,6-8,11-12,17-21H2,1-2H3,(H,37,46)(H,38,40)(H,39,41)(H,42,47). The molecule has 0 saturated carbocycles. The van der Waals surface area contributed by atoms with Crippen LogP contribution in [-0.4, -0.2) is 76.5 Å². The van der Waals surface area contributed by atoms with Crippen molar-refractivity contribution in [1.82, 2.24) is 35.5 Å². The molecule has 3 amide bonds. The number of unbranched alkanes of at least 4 members (excludes halogenated alkanes) is 1. The molecule has 3 unspecified atom stereocenters. The molecule has 0 aliphatic carbocycles. The van der Waals surface area contributed by atoms with Crippen LogP contribution in [0.3, 0.4) is 0 Å². The summed E-state index contributed by atoms with van der Waals surface area (Å²) in [5.74, 6) is 1.74. The first-order valence-corrected chi connectivity index (χ1v) is 16.8. The SMILES string of the molecule is COC(=O)NC(C(=O)NCCCCc1ncc(-c2ccc(N3CCC(c4ncc(C5CCCN5C)[nH]4)CC3=O)cc2)[nH]1)c1ccccc1. The van der Waals surface area contributed by atoms with Gasteiger partial charge in [-0.25, -0.2) is 14.8 Å². The molecule has 2 aliphatic heterocycles. The fourth-order valence-corrected chi connectivity index (χ4v) is 6.68. The number of H-pyrrole nitrogens is 2.